The van der Waals surface area contributed by atoms with Crippen LogP contribution in [0.25, 0.3) is 11.0 Å². The summed E-state index contributed by atoms with van der Waals surface area (Å²) in [5, 5.41) is 14.6. The molecule has 8 nitrogen and oxygen atoms in total. The van der Waals surface area contributed by atoms with Gasteiger partial charge >= 0.3 is 0 Å². The van der Waals surface area contributed by atoms with Gasteiger partial charge in [0.05, 0.1) is 27.9 Å². The Balaban J connectivity index is 1.61. The molecule has 1 saturated carbocycles. The first-order valence-corrected chi connectivity index (χ1v) is 12.1. The molecule has 164 valence electrons. The molecular weight excluding hydrogens is 428 g/mol. The van der Waals surface area contributed by atoms with Crippen LogP contribution in [0.2, 0.25) is 0 Å². The fourth-order valence-electron chi connectivity index (χ4n) is 4.75. The van der Waals surface area contributed by atoms with Gasteiger partial charge in [0.25, 0.3) is 5.56 Å². The lowest BCUT2D eigenvalue weighted by Gasteiger charge is -2.28. The molecule has 0 saturated heterocycles. The first kappa shape index (κ1) is 20.7. The summed E-state index contributed by atoms with van der Waals surface area (Å²) in [6.07, 6.45) is 9.62. The van der Waals surface area contributed by atoms with Crippen molar-refractivity contribution in [3.05, 3.63) is 51.9 Å². The third-order valence-corrected chi connectivity index (χ3v) is 8.22. The van der Waals surface area contributed by atoms with Crippen molar-refractivity contribution in [2.24, 2.45) is 0 Å². The minimum atomic E-state index is -3.20. The molecule has 0 bridgehead atoms. The highest BCUT2D eigenvalue weighted by molar-refractivity contribution is 7.91. The average molecular weight is 451 g/mol. The van der Waals surface area contributed by atoms with Gasteiger partial charge in [0, 0.05) is 17.3 Å². The fourth-order valence-corrected chi connectivity index (χ4v) is 6.29. The van der Waals surface area contributed by atoms with Crippen LogP contribution in [0.3, 0.4) is 0 Å². The Labute approximate surface area is 185 Å². The maximum absolute atomic E-state index is 13.1. The topological polar surface area (TPSA) is 114 Å². The molecule has 1 aromatic carbocycles. The Kier molecular flexibility index (Phi) is 4.62. The monoisotopic (exact) mass is 450 g/mol. The van der Waals surface area contributed by atoms with E-state index in [-0.39, 0.29) is 22.8 Å². The van der Waals surface area contributed by atoms with Gasteiger partial charge in [0.2, 0.25) is 5.95 Å². The minimum absolute atomic E-state index is 0.114. The lowest BCUT2D eigenvalue weighted by molar-refractivity contribution is 0.0266. The molecule has 0 amide bonds. The van der Waals surface area contributed by atoms with Crippen LogP contribution in [-0.4, -0.2) is 39.4 Å². The van der Waals surface area contributed by atoms with Gasteiger partial charge < -0.3 is 10.4 Å². The normalized spacial score (nSPS) is 23.7. The number of hydrogen-bond acceptors (Lipinski definition) is 7. The van der Waals surface area contributed by atoms with Crippen molar-refractivity contribution in [3.63, 3.8) is 0 Å². The predicted molar refractivity (Wildman–Crippen MR) is 121 cm³/mol. The standard InChI is InChI=1S/C23H22N4O4S/c1-3-14-11-16-13-24-22(25-17-6-7-18-15(12-17)8-10-32(18,30)31)26-20(16)27(21(14)28)19-5-4-9-23(19,2)29/h1,6-7,11-13,19,29H,4-5,8-10H2,2H3,(H,24,25,26)/t19-,23-/m1/s1. The molecule has 2 aromatic heterocycles. The highest BCUT2D eigenvalue weighted by Gasteiger charge is 2.39. The van der Waals surface area contributed by atoms with Crippen LogP contribution in [0.4, 0.5) is 11.6 Å². The number of benzene rings is 1. The van der Waals surface area contributed by atoms with Gasteiger partial charge in [0.15, 0.2) is 9.84 Å². The van der Waals surface area contributed by atoms with Crippen molar-refractivity contribution >= 4 is 32.5 Å². The van der Waals surface area contributed by atoms with E-state index in [1.54, 1.807) is 37.4 Å². The Bertz CT molecular complexity index is 1470. The summed E-state index contributed by atoms with van der Waals surface area (Å²) in [7, 11) is -3.20. The quantitative estimate of drug-likeness (QED) is 0.589. The van der Waals surface area contributed by atoms with E-state index >= 15 is 0 Å². The highest BCUT2D eigenvalue weighted by Crippen LogP contribution is 2.39. The molecule has 3 heterocycles. The molecule has 9 heteroatoms. The number of fused-ring (bicyclic) bond motifs is 2. The smallest absolute Gasteiger partial charge is 0.268 e. The van der Waals surface area contributed by atoms with Gasteiger partial charge in [-0.25, -0.2) is 13.4 Å². The molecule has 2 aliphatic rings. The highest BCUT2D eigenvalue weighted by atomic mass is 32.2. The maximum atomic E-state index is 13.1. The zero-order valence-corrected chi connectivity index (χ0v) is 18.3. The van der Waals surface area contributed by atoms with Crippen molar-refractivity contribution in [1.29, 1.82) is 0 Å². The molecule has 1 fully saturated rings. The van der Waals surface area contributed by atoms with Gasteiger partial charge in [-0.05, 0) is 62.4 Å². The number of terminal acetylenes is 1. The van der Waals surface area contributed by atoms with E-state index in [0.717, 1.165) is 12.0 Å². The predicted octanol–water partition coefficient (Wildman–Crippen LogP) is 2.32. The Hall–Kier alpha value is -3.22. The number of nitrogens with zero attached hydrogens (tertiary/aromatic N) is 3. The van der Waals surface area contributed by atoms with Gasteiger partial charge in [0.1, 0.15) is 5.65 Å². The molecule has 2 atom stereocenters. The number of sulfone groups is 1. The molecule has 1 aliphatic heterocycles. The van der Waals surface area contributed by atoms with Crippen molar-refractivity contribution < 1.29 is 13.5 Å². The van der Waals surface area contributed by atoms with Gasteiger partial charge in [-0.2, -0.15) is 4.98 Å². The Morgan fingerprint density at radius 3 is 2.88 bits per heavy atom. The number of aryl methyl sites for hydroxylation is 1. The number of aromatic nitrogens is 3. The number of rotatable bonds is 3. The van der Waals surface area contributed by atoms with Crippen LogP contribution >= 0.6 is 0 Å². The van der Waals surface area contributed by atoms with Crippen molar-refractivity contribution in [3.8, 4) is 12.3 Å². The minimum Gasteiger partial charge on any atom is -0.388 e. The second kappa shape index (κ2) is 7.15. The lowest BCUT2D eigenvalue weighted by atomic mass is 9.99. The molecule has 1 aliphatic carbocycles. The molecule has 0 unspecified atom stereocenters. The molecular formula is C23H22N4O4S. The van der Waals surface area contributed by atoms with Gasteiger partial charge in [-0.3, -0.25) is 9.36 Å². The van der Waals surface area contributed by atoms with E-state index in [1.807, 2.05) is 0 Å². The molecule has 0 radical (unpaired) electrons. The third-order valence-electron chi connectivity index (χ3n) is 6.41. The number of nitrogens with one attached hydrogen (secondary N) is 1. The van der Waals surface area contributed by atoms with Crippen LogP contribution < -0.4 is 10.9 Å². The Morgan fingerprint density at radius 2 is 2.16 bits per heavy atom. The SMILES string of the molecule is C#Cc1cc2cnc(Nc3ccc4c(c3)CCS4(=O)=O)nc2n([C@@H]2CCC[C@@]2(C)O)c1=O. The third kappa shape index (κ3) is 3.27. The van der Waals surface area contributed by atoms with E-state index in [4.69, 9.17) is 6.42 Å². The summed E-state index contributed by atoms with van der Waals surface area (Å²) in [4.78, 5) is 22.4. The summed E-state index contributed by atoms with van der Waals surface area (Å²) in [5.74, 6) is 2.80. The molecule has 5 rings (SSSR count). The largest absolute Gasteiger partial charge is 0.388 e. The maximum Gasteiger partial charge on any atom is 0.268 e. The summed E-state index contributed by atoms with van der Waals surface area (Å²) in [6, 6.07) is 6.18. The van der Waals surface area contributed by atoms with E-state index in [0.29, 0.717) is 40.9 Å². The first-order chi connectivity index (χ1) is 15.2. The lowest BCUT2D eigenvalue weighted by Crippen LogP contribution is -2.38. The molecule has 2 N–H and O–H groups in total. The van der Waals surface area contributed by atoms with Crippen molar-refractivity contribution in [2.75, 3.05) is 11.1 Å². The number of anilines is 2. The van der Waals surface area contributed by atoms with Gasteiger partial charge in [-0.15, -0.1) is 6.42 Å². The van der Waals surface area contributed by atoms with Crippen LogP contribution in [0.5, 0.6) is 0 Å². The van der Waals surface area contributed by atoms with Crippen LogP contribution in [0.15, 0.2) is 40.2 Å². The second-order valence-electron chi connectivity index (χ2n) is 8.63. The number of pyridine rings is 1. The first-order valence-electron chi connectivity index (χ1n) is 10.4. The van der Waals surface area contributed by atoms with Gasteiger partial charge in [-0.1, -0.05) is 5.92 Å². The average Bonchev–Trinajstić information content (AvgIpc) is 3.25. The number of aliphatic hydroxyl groups is 1. The summed E-state index contributed by atoms with van der Waals surface area (Å²) in [5.41, 5.74) is 0.593. The van der Waals surface area contributed by atoms with E-state index in [2.05, 4.69) is 21.2 Å². The summed E-state index contributed by atoms with van der Waals surface area (Å²) in [6.45, 7) is 1.73. The summed E-state index contributed by atoms with van der Waals surface area (Å²) >= 11 is 0. The van der Waals surface area contributed by atoms with Crippen LogP contribution in [0.1, 0.15) is 43.4 Å². The van der Waals surface area contributed by atoms with E-state index in [9.17, 15) is 18.3 Å². The zero-order valence-electron chi connectivity index (χ0n) is 17.5. The molecule has 32 heavy (non-hydrogen) atoms. The van der Waals surface area contributed by atoms with Crippen molar-refractivity contribution in [1.82, 2.24) is 14.5 Å². The van der Waals surface area contributed by atoms with Crippen molar-refractivity contribution in [2.45, 2.75) is 49.1 Å². The van der Waals surface area contributed by atoms with E-state index < -0.39 is 21.5 Å². The van der Waals surface area contributed by atoms with E-state index in [1.165, 1.54) is 4.57 Å². The summed E-state index contributed by atoms with van der Waals surface area (Å²) < 4.78 is 25.6. The fraction of sp³-hybridized carbons (Fsp3) is 0.348. The van der Waals surface area contributed by atoms with Crippen LogP contribution in [0, 0.1) is 12.3 Å². The number of hydrogen-bond donors (Lipinski definition) is 2. The second-order valence-corrected chi connectivity index (χ2v) is 10.7. The van der Waals surface area contributed by atoms with Crippen LogP contribution in [-0.2, 0) is 16.3 Å². The Morgan fingerprint density at radius 1 is 1.34 bits per heavy atom. The molecule has 0 spiro atoms. The zero-order chi connectivity index (χ0) is 22.7. The molecule has 3 aromatic rings.